The molecule has 0 radical (unpaired) electrons. The highest BCUT2D eigenvalue weighted by atomic mass is 16.3. The number of hydrogen-bond donors (Lipinski definition) is 1. The second kappa shape index (κ2) is 5.51. The van der Waals surface area contributed by atoms with Crippen molar-refractivity contribution in [3.8, 4) is 0 Å². The number of carbonyl (C=O) groups excluding carboxylic acids is 2. The molecule has 2 heterocycles. The first-order valence-electron chi connectivity index (χ1n) is 7.99. The normalized spacial score (nSPS) is 21.2. The van der Waals surface area contributed by atoms with Crippen molar-refractivity contribution in [1.29, 1.82) is 0 Å². The van der Waals surface area contributed by atoms with E-state index in [1.807, 2.05) is 24.3 Å². The lowest BCUT2D eigenvalue weighted by molar-refractivity contribution is -0.132. The molecule has 3 rings (SSSR count). The Morgan fingerprint density at radius 2 is 1.79 bits per heavy atom. The molecule has 1 N–H and O–H groups in total. The van der Waals surface area contributed by atoms with Gasteiger partial charge in [0.05, 0.1) is 12.8 Å². The number of hydrogen-bond acceptors (Lipinski definition) is 3. The molecule has 1 aromatic carbocycles. The molecule has 3 amide bonds. The highest BCUT2D eigenvalue weighted by molar-refractivity contribution is 6.06. The van der Waals surface area contributed by atoms with E-state index in [4.69, 9.17) is 4.42 Å². The Hall–Kier alpha value is -2.56. The van der Waals surface area contributed by atoms with Gasteiger partial charge in [-0.05, 0) is 35.6 Å². The van der Waals surface area contributed by atoms with E-state index >= 15 is 0 Å². The van der Waals surface area contributed by atoms with E-state index in [-0.39, 0.29) is 17.9 Å². The molecule has 0 spiro atoms. The quantitative estimate of drug-likeness (QED) is 0.878. The van der Waals surface area contributed by atoms with Crippen molar-refractivity contribution in [3.63, 3.8) is 0 Å². The van der Waals surface area contributed by atoms with Crippen molar-refractivity contribution in [2.45, 2.75) is 45.2 Å². The third-order valence-electron chi connectivity index (χ3n) is 4.45. The maximum atomic E-state index is 12.7. The Kier molecular flexibility index (Phi) is 3.74. The molecular formula is C19H22N2O3. The molecule has 1 atom stereocenters. The van der Waals surface area contributed by atoms with Gasteiger partial charge in [-0.3, -0.25) is 9.69 Å². The molecule has 1 aliphatic heterocycles. The van der Waals surface area contributed by atoms with Gasteiger partial charge in [-0.15, -0.1) is 0 Å². The summed E-state index contributed by atoms with van der Waals surface area (Å²) in [6, 6.07) is 11.0. The molecule has 5 nitrogen and oxygen atoms in total. The first-order chi connectivity index (χ1) is 11.2. The highest BCUT2D eigenvalue weighted by Crippen LogP contribution is 2.30. The maximum absolute atomic E-state index is 12.7. The molecule has 0 saturated carbocycles. The largest absolute Gasteiger partial charge is 0.466 e. The van der Waals surface area contributed by atoms with Gasteiger partial charge < -0.3 is 9.73 Å². The fraction of sp³-hybridized carbons (Fsp3) is 0.368. The number of urea groups is 1. The van der Waals surface area contributed by atoms with E-state index in [9.17, 15) is 9.59 Å². The van der Waals surface area contributed by atoms with Gasteiger partial charge in [0.15, 0.2) is 5.54 Å². The molecule has 5 heteroatoms. The van der Waals surface area contributed by atoms with Crippen LogP contribution in [0.2, 0.25) is 0 Å². The molecule has 1 unspecified atom stereocenters. The van der Waals surface area contributed by atoms with Crippen LogP contribution in [0.25, 0.3) is 0 Å². The molecule has 1 fully saturated rings. The molecule has 1 saturated heterocycles. The summed E-state index contributed by atoms with van der Waals surface area (Å²) in [4.78, 5) is 26.3. The topological polar surface area (TPSA) is 62.6 Å². The molecule has 0 aliphatic carbocycles. The van der Waals surface area contributed by atoms with Crippen molar-refractivity contribution in [3.05, 3.63) is 59.5 Å². The van der Waals surface area contributed by atoms with Crippen molar-refractivity contribution in [1.82, 2.24) is 10.2 Å². The number of imide groups is 1. The van der Waals surface area contributed by atoms with Crippen molar-refractivity contribution >= 4 is 11.9 Å². The van der Waals surface area contributed by atoms with Crippen LogP contribution in [0.1, 0.15) is 44.6 Å². The summed E-state index contributed by atoms with van der Waals surface area (Å²) in [6.07, 6.45) is 1.49. The summed E-state index contributed by atoms with van der Waals surface area (Å²) in [6.45, 7) is 8.34. The minimum atomic E-state index is -1.15. The minimum absolute atomic E-state index is 0.0667. The molecule has 126 valence electrons. The molecule has 24 heavy (non-hydrogen) atoms. The fourth-order valence-corrected chi connectivity index (χ4v) is 2.86. The summed E-state index contributed by atoms with van der Waals surface area (Å²) < 4.78 is 5.33. The van der Waals surface area contributed by atoms with E-state index in [2.05, 4.69) is 26.1 Å². The zero-order valence-corrected chi connectivity index (χ0v) is 14.4. The highest BCUT2D eigenvalue weighted by Gasteiger charge is 2.50. The Bertz CT molecular complexity index is 757. The Labute approximate surface area is 141 Å². The second-order valence-corrected chi connectivity index (χ2v) is 7.37. The van der Waals surface area contributed by atoms with E-state index in [1.165, 1.54) is 16.7 Å². The van der Waals surface area contributed by atoms with Crippen LogP contribution in [0.3, 0.4) is 0 Å². The van der Waals surface area contributed by atoms with Gasteiger partial charge in [-0.25, -0.2) is 4.79 Å². The minimum Gasteiger partial charge on any atom is -0.466 e. The lowest BCUT2D eigenvalue weighted by atomic mass is 9.87. The summed E-state index contributed by atoms with van der Waals surface area (Å²) in [5.41, 5.74) is 1.04. The molecular weight excluding hydrogens is 304 g/mol. The average molecular weight is 326 g/mol. The van der Waals surface area contributed by atoms with E-state index in [1.54, 1.807) is 19.1 Å². The SMILES string of the molecule is CC(C)(C)c1ccc(CN2C(=O)NC(C)(c3ccco3)C2=O)cc1. The van der Waals surface area contributed by atoms with Gasteiger partial charge in [0.1, 0.15) is 5.76 Å². The Morgan fingerprint density at radius 3 is 2.33 bits per heavy atom. The van der Waals surface area contributed by atoms with Gasteiger partial charge in [0.2, 0.25) is 0 Å². The van der Waals surface area contributed by atoms with E-state index in [0.717, 1.165) is 5.56 Å². The number of benzene rings is 1. The lowest BCUT2D eigenvalue weighted by Crippen LogP contribution is -2.40. The smallest absolute Gasteiger partial charge is 0.325 e. The molecule has 2 aromatic rings. The van der Waals surface area contributed by atoms with Crippen LogP contribution < -0.4 is 5.32 Å². The second-order valence-electron chi connectivity index (χ2n) is 7.37. The number of amides is 3. The number of carbonyl (C=O) groups is 2. The van der Waals surface area contributed by atoms with Gasteiger partial charge in [-0.2, -0.15) is 0 Å². The van der Waals surface area contributed by atoms with E-state index in [0.29, 0.717) is 5.76 Å². The Morgan fingerprint density at radius 1 is 1.12 bits per heavy atom. The maximum Gasteiger partial charge on any atom is 0.325 e. The van der Waals surface area contributed by atoms with Gasteiger partial charge in [0, 0.05) is 0 Å². The first-order valence-corrected chi connectivity index (χ1v) is 7.99. The number of nitrogens with one attached hydrogen (secondary N) is 1. The summed E-state index contributed by atoms with van der Waals surface area (Å²) in [7, 11) is 0. The van der Waals surface area contributed by atoms with Crippen molar-refractivity contribution in [2.24, 2.45) is 0 Å². The van der Waals surface area contributed by atoms with Crippen LogP contribution >= 0.6 is 0 Å². The first kappa shape index (κ1) is 16.3. The molecule has 1 aromatic heterocycles. The fourth-order valence-electron chi connectivity index (χ4n) is 2.86. The van der Waals surface area contributed by atoms with Crippen LogP contribution in [-0.2, 0) is 22.3 Å². The van der Waals surface area contributed by atoms with Crippen LogP contribution in [0, 0.1) is 0 Å². The van der Waals surface area contributed by atoms with Crippen molar-refractivity contribution < 1.29 is 14.0 Å². The van der Waals surface area contributed by atoms with Crippen LogP contribution in [0.4, 0.5) is 4.79 Å². The summed E-state index contributed by atoms with van der Waals surface area (Å²) in [5.74, 6) is 0.133. The third-order valence-corrected chi connectivity index (χ3v) is 4.45. The Balaban J connectivity index is 1.81. The van der Waals surface area contributed by atoms with Gasteiger partial charge in [0.25, 0.3) is 5.91 Å². The van der Waals surface area contributed by atoms with Gasteiger partial charge in [-0.1, -0.05) is 45.0 Å². The molecule has 0 bridgehead atoms. The predicted octanol–water partition coefficient (Wildman–Crippen LogP) is 3.54. The monoisotopic (exact) mass is 326 g/mol. The zero-order chi connectivity index (χ0) is 17.5. The van der Waals surface area contributed by atoms with E-state index < -0.39 is 11.6 Å². The lowest BCUT2D eigenvalue weighted by Gasteiger charge is -2.20. The third kappa shape index (κ3) is 2.70. The standard InChI is InChI=1S/C19H22N2O3/c1-18(2,3)14-9-7-13(8-10-14)12-21-16(22)19(4,20-17(21)23)15-6-5-11-24-15/h5-11H,12H2,1-4H3,(H,20,23). The average Bonchev–Trinajstić information content (AvgIpc) is 3.12. The van der Waals surface area contributed by atoms with Crippen LogP contribution in [0.5, 0.6) is 0 Å². The van der Waals surface area contributed by atoms with Crippen molar-refractivity contribution in [2.75, 3.05) is 0 Å². The molecule has 1 aliphatic rings. The summed E-state index contributed by atoms with van der Waals surface area (Å²) >= 11 is 0. The summed E-state index contributed by atoms with van der Waals surface area (Å²) in [5, 5.41) is 2.73. The zero-order valence-electron chi connectivity index (χ0n) is 14.4. The van der Waals surface area contributed by atoms with Crippen LogP contribution in [-0.4, -0.2) is 16.8 Å². The van der Waals surface area contributed by atoms with Gasteiger partial charge >= 0.3 is 6.03 Å². The number of furan rings is 1. The number of nitrogens with zero attached hydrogens (tertiary/aromatic N) is 1. The predicted molar refractivity (Wildman–Crippen MR) is 90.3 cm³/mol. The number of rotatable bonds is 3. The van der Waals surface area contributed by atoms with Crippen LogP contribution in [0.15, 0.2) is 47.1 Å².